The fourth-order valence-electron chi connectivity index (χ4n) is 2.28. The van der Waals surface area contributed by atoms with Crippen LogP contribution in [0.4, 0.5) is 0 Å². The van der Waals surface area contributed by atoms with Gasteiger partial charge in [-0.1, -0.05) is 67.2 Å². The average molecular weight is 280 g/mol. The third-order valence-electron chi connectivity index (χ3n) is 3.66. The van der Waals surface area contributed by atoms with E-state index in [1.54, 1.807) is 6.92 Å². The molecule has 0 amide bonds. The van der Waals surface area contributed by atoms with Gasteiger partial charge in [-0.25, -0.2) is 4.79 Å². The fraction of sp³-hybridized carbons (Fsp3) is 0.211. The largest absolute Gasteiger partial charge is 0.461 e. The van der Waals surface area contributed by atoms with Crippen LogP contribution in [-0.2, 0) is 14.9 Å². The molecule has 0 spiro atoms. The van der Waals surface area contributed by atoms with Crippen LogP contribution in [0.2, 0.25) is 0 Å². The molecule has 0 unspecified atom stereocenters. The summed E-state index contributed by atoms with van der Waals surface area (Å²) in [4.78, 5) is 11.7. The molecule has 2 nitrogen and oxygen atoms in total. The first-order chi connectivity index (χ1) is 10.0. The summed E-state index contributed by atoms with van der Waals surface area (Å²) in [6.45, 7) is 7.66. The summed E-state index contributed by atoms with van der Waals surface area (Å²) in [6, 6.07) is 20.2. The molecule has 108 valence electrons. The van der Waals surface area contributed by atoms with Crippen molar-refractivity contribution in [3.8, 4) is 0 Å². The third kappa shape index (κ3) is 3.40. The van der Waals surface area contributed by atoms with Gasteiger partial charge in [0, 0.05) is 5.57 Å². The Hall–Kier alpha value is -2.35. The highest BCUT2D eigenvalue weighted by molar-refractivity contribution is 5.87. The Balaban J connectivity index is 2.36. The van der Waals surface area contributed by atoms with E-state index in [2.05, 4.69) is 37.8 Å². The summed E-state index contributed by atoms with van der Waals surface area (Å²) in [6.07, 6.45) is 0. The number of ether oxygens (including phenoxy) is 1. The Morgan fingerprint density at radius 3 is 1.81 bits per heavy atom. The van der Waals surface area contributed by atoms with Gasteiger partial charge in [0.25, 0.3) is 0 Å². The van der Waals surface area contributed by atoms with Gasteiger partial charge < -0.3 is 4.74 Å². The predicted molar refractivity (Wildman–Crippen MR) is 85.1 cm³/mol. The second kappa shape index (κ2) is 6.40. The van der Waals surface area contributed by atoms with Gasteiger partial charge in [0.1, 0.15) is 6.61 Å². The highest BCUT2D eigenvalue weighted by Crippen LogP contribution is 2.32. The zero-order valence-corrected chi connectivity index (χ0v) is 12.5. The summed E-state index contributed by atoms with van der Waals surface area (Å²) >= 11 is 0. The van der Waals surface area contributed by atoms with Gasteiger partial charge in [0.05, 0.1) is 5.41 Å². The molecule has 2 rings (SSSR count). The third-order valence-corrected chi connectivity index (χ3v) is 3.66. The molecule has 0 fully saturated rings. The lowest BCUT2D eigenvalue weighted by atomic mass is 9.77. The second-order valence-electron chi connectivity index (χ2n) is 5.42. The maximum atomic E-state index is 11.7. The van der Waals surface area contributed by atoms with E-state index in [0.717, 1.165) is 11.1 Å². The maximum Gasteiger partial charge on any atom is 0.333 e. The topological polar surface area (TPSA) is 26.3 Å². The molecule has 21 heavy (non-hydrogen) atoms. The van der Waals surface area contributed by atoms with E-state index in [1.807, 2.05) is 36.4 Å². The van der Waals surface area contributed by atoms with Gasteiger partial charge in [-0.15, -0.1) is 0 Å². The number of esters is 1. The number of benzene rings is 2. The van der Waals surface area contributed by atoms with Crippen molar-refractivity contribution in [2.75, 3.05) is 6.61 Å². The zero-order chi connectivity index (χ0) is 15.3. The normalized spacial score (nSPS) is 11.0. The molecule has 0 atom stereocenters. The number of carbonyl (C=O) groups excluding carboxylic acids is 1. The van der Waals surface area contributed by atoms with E-state index in [-0.39, 0.29) is 18.0 Å². The molecule has 0 N–H and O–H groups in total. The van der Waals surface area contributed by atoms with Crippen molar-refractivity contribution in [1.82, 2.24) is 0 Å². The minimum atomic E-state index is -0.381. The van der Waals surface area contributed by atoms with Crippen LogP contribution in [0, 0.1) is 0 Å². The molecule has 0 saturated heterocycles. The first-order valence-corrected chi connectivity index (χ1v) is 6.98. The smallest absolute Gasteiger partial charge is 0.333 e. The molecule has 0 aromatic heterocycles. The van der Waals surface area contributed by atoms with Gasteiger partial charge in [-0.05, 0) is 25.0 Å². The average Bonchev–Trinajstić information content (AvgIpc) is 2.53. The summed E-state index contributed by atoms with van der Waals surface area (Å²) in [7, 11) is 0. The second-order valence-corrected chi connectivity index (χ2v) is 5.42. The SMILES string of the molecule is C=C(C)C(=O)OCC(C)(c1ccccc1)c1ccccc1. The molecule has 0 aliphatic heterocycles. The van der Waals surface area contributed by atoms with Crippen LogP contribution >= 0.6 is 0 Å². The molecule has 0 aliphatic rings. The molecule has 0 heterocycles. The van der Waals surface area contributed by atoms with Crippen molar-refractivity contribution in [1.29, 1.82) is 0 Å². The first-order valence-electron chi connectivity index (χ1n) is 6.98. The molecular formula is C19H20O2. The highest BCUT2D eigenvalue weighted by atomic mass is 16.5. The van der Waals surface area contributed by atoms with Gasteiger partial charge in [-0.2, -0.15) is 0 Å². The van der Waals surface area contributed by atoms with Gasteiger partial charge in [0.15, 0.2) is 0 Å². The molecular weight excluding hydrogens is 260 g/mol. The Morgan fingerprint density at radius 1 is 1.00 bits per heavy atom. The van der Waals surface area contributed by atoms with E-state index < -0.39 is 0 Å². The quantitative estimate of drug-likeness (QED) is 0.608. The van der Waals surface area contributed by atoms with Crippen molar-refractivity contribution in [3.05, 3.63) is 83.9 Å². The standard InChI is InChI=1S/C19H20O2/c1-15(2)18(20)21-14-19(3,16-10-6-4-7-11-16)17-12-8-5-9-13-17/h4-13H,1,14H2,2-3H3. The zero-order valence-electron chi connectivity index (χ0n) is 12.5. The van der Waals surface area contributed by atoms with E-state index in [4.69, 9.17) is 4.74 Å². The Kier molecular flexibility index (Phi) is 4.59. The van der Waals surface area contributed by atoms with Gasteiger partial charge in [0.2, 0.25) is 0 Å². The predicted octanol–water partition coefficient (Wildman–Crippen LogP) is 4.11. The minimum Gasteiger partial charge on any atom is -0.461 e. The highest BCUT2D eigenvalue weighted by Gasteiger charge is 2.30. The summed E-state index contributed by atoms with van der Waals surface area (Å²) in [5.74, 6) is -0.354. The molecule has 2 aromatic carbocycles. The summed E-state index contributed by atoms with van der Waals surface area (Å²) in [5, 5.41) is 0. The van der Waals surface area contributed by atoms with Crippen LogP contribution in [-0.4, -0.2) is 12.6 Å². The van der Waals surface area contributed by atoms with E-state index in [9.17, 15) is 4.79 Å². The molecule has 0 saturated carbocycles. The van der Waals surface area contributed by atoms with Crippen LogP contribution < -0.4 is 0 Å². The van der Waals surface area contributed by atoms with Crippen LogP contribution in [0.5, 0.6) is 0 Å². The number of hydrogen-bond acceptors (Lipinski definition) is 2. The van der Waals surface area contributed by atoms with Crippen molar-refractivity contribution in [2.24, 2.45) is 0 Å². The fourth-order valence-corrected chi connectivity index (χ4v) is 2.28. The lowest BCUT2D eigenvalue weighted by Gasteiger charge is -2.30. The Bertz CT molecular complexity index is 575. The van der Waals surface area contributed by atoms with Crippen molar-refractivity contribution < 1.29 is 9.53 Å². The number of rotatable bonds is 5. The summed E-state index contributed by atoms with van der Waals surface area (Å²) in [5.41, 5.74) is 2.27. The lowest BCUT2D eigenvalue weighted by Crippen LogP contribution is -2.31. The van der Waals surface area contributed by atoms with Gasteiger partial charge >= 0.3 is 5.97 Å². The first kappa shape index (κ1) is 15.0. The van der Waals surface area contributed by atoms with Crippen LogP contribution in [0.25, 0.3) is 0 Å². The van der Waals surface area contributed by atoms with Crippen LogP contribution in [0.1, 0.15) is 25.0 Å². The molecule has 0 aliphatic carbocycles. The summed E-state index contributed by atoms with van der Waals surface area (Å²) < 4.78 is 5.44. The van der Waals surface area contributed by atoms with E-state index >= 15 is 0 Å². The monoisotopic (exact) mass is 280 g/mol. The number of carbonyl (C=O) groups is 1. The van der Waals surface area contributed by atoms with Crippen molar-refractivity contribution >= 4 is 5.97 Å². The van der Waals surface area contributed by atoms with Crippen LogP contribution in [0.3, 0.4) is 0 Å². The van der Waals surface area contributed by atoms with Gasteiger partial charge in [-0.3, -0.25) is 0 Å². The van der Waals surface area contributed by atoms with E-state index in [1.165, 1.54) is 0 Å². The molecule has 0 bridgehead atoms. The van der Waals surface area contributed by atoms with E-state index in [0.29, 0.717) is 5.57 Å². The lowest BCUT2D eigenvalue weighted by molar-refractivity contribution is -0.140. The minimum absolute atomic E-state index is 0.284. The Morgan fingerprint density at radius 2 is 1.43 bits per heavy atom. The maximum absolute atomic E-state index is 11.7. The van der Waals surface area contributed by atoms with Crippen LogP contribution in [0.15, 0.2) is 72.8 Å². The molecule has 2 heteroatoms. The Labute approximate surface area is 126 Å². The number of hydrogen-bond donors (Lipinski definition) is 0. The molecule has 0 radical (unpaired) electrons. The molecule has 2 aromatic rings. The van der Waals surface area contributed by atoms with Crippen molar-refractivity contribution in [3.63, 3.8) is 0 Å². The van der Waals surface area contributed by atoms with Crippen molar-refractivity contribution in [2.45, 2.75) is 19.3 Å².